The Morgan fingerprint density at radius 1 is 1.20 bits per heavy atom. The molecule has 0 spiro atoms. The molecule has 1 aliphatic rings. The van der Waals surface area contributed by atoms with E-state index in [1.165, 1.54) is 18.4 Å². The lowest BCUT2D eigenvalue weighted by atomic mass is 10.1. The van der Waals surface area contributed by atoms with Crippen LogP contribution >= 0.6 is 11.3 Å². The minimum absolute atomic E-state index is 0.286. The Morgan fingerprint density at radius 3 is 2.60 bits per heavy atom. The zero-order valence-electron chi connectivity index (χ0n) is 14.5. The first-order valence-electron chi connectivity index (χ1n) is 8.26. The molecule has 1 aromatic carbocycles. The molecule has 6 heteroatoms. The largest absolute Gasteiger partial charge is 0.481 e. The van der Waals surface area contributed by atoms with Crippen molar-refractivity contribution in [3.63, 3.8) is 0 Å². The van der Waals surface area contributed by atoms with Crippen LogP contribution in [-0.4, -0.2) is 25.1 Å². The van der Waals surface area contributed by atoms with Gasteiger partial charge in [0.1, 0.15) is 10.8 Å². The molecular formula is C19H21NO4S. The van der Waals surface area contributed by atoms with Gasteiger partial charge in [0.05, 0.1) is 12.7 Å². The lowest BCUT2D eigenvalue weighted by Crippen LogP contribution is -2.30. The lowest BCUT2D eigenvalue weighted by molar-refractivity contribution is -0.122. The summed E-state index contributed by atoms with van der Waals surface area (Å²) < 4.78 is 10.6. The summed E-state index contributed by atoms with van der Waals surface area (Å²) in [5.74, 6) is -0.0532. The van der Waals surface area contributed by atoms with Gasteiger partial charge in [-0.3, -0.25) is 4.79 Å². The number of methoxy groups -OCH3 is 1. The molecular weight excluding hydrogens is 338 g/mol. The first kappa shape index (κ1) is 17.5. The molecule has 0 radical (unpaired) electrons. The summed E-state index contributed by atoms with van der Waals surface area (Å²) in [6.07, 6.45) is 2.15. The number of nitrogens with one attached hydrogen (secondary N) is 1. The van der Waals surface area contributed by atoms with Gasteiger partial charge >= 0.3 is 5.97 Å². The zero-order chi connectivity index (χ0) is 18.0. The molecule has 1 unspecified atom stereocenters. The second-order valence-corrected chi connectivity index (χ2v) is 7.22. The van der Waals surface area contributed by atoms with E-state index in [0.29, 0.717) is 16.3 Å². The predicted octanol–water partition coefficient (Wildman–Crippen LogP) is 3.74. The Hall–Kier alpha value is -2.34. The van der Waals surface area contributed by atoms with Gasteiger partial charge in [-0.1, -0.05) is 17.7 Å². The Bertz CT molecular complexity index is 795. The third-order valence-corrected chi connectivity index (χ3v) is 5.46. The third kappa shape index (κ3) is 3.69. The van der Waals surface area contributed by atoms with Gasteiger partial charge in [0.2, 0.25) is 0 Å². The number of aryl methyl sites for hydroxylation is 2. The first-order chi connectivity index (χ1) is 12.0. The van der Waals surface area contributed by atoms with Gasteiger partial charge in [0.15, 0.2) is 6.10 Å². The fourth-order valence-corrected chi connectivity index (χ4v) is 4.18. The maximum Gasteiger partial charge on any atom is 0.341 e. The molecule has 2 aromatic rings. The van der Waals surface area contributed by atoms with Crippen LogP contribution in [0.25, 0.3) is 0 Å². The molecule has 0 saturated heterocycles. The molecule has 0 bridgehead atoms. The van der Waals surface area contributed by atoms with Gasteiger partial charge in [0.25, 0.3) is 5.91 Å². The monoisotopic (exact) mass is 359 g/mol. The SMILES string of the molecule is COC(=O)c1c(NC(=O)C(C)Oc2ccc(C)cc2)sc2c1CCC2. The van der Waals surface area contributed by atoms with E-state index >= 15 is 0 Å². The summed E-state index contributed by atoms with van der Waals surface area (Å²) in [7, 11) is 1.36. The van der Waals surface area contributed by atoms with Crippen LogP contribution in [0.15, 0.2) is 24.3 Å². The van der Waals surface area contributed by atoms with Gasteiger partial charge in [0, 0.05) is 4.88 Å². The van der Waals surface area contributed by atoms with Crippen molar-refractivity contribution in [2.75, 3.05) is 12.4 Å². The quantitative estimate of drug-likeness (QED) is 0.826. The Labute approximate surface area is 151 Å². The van der Waals surface area contributed by atoms with Gasteiger partial charge in [-0.2, -0.15) is 0 Å². The summed E-state index contributed by atoms with van der Waals surface area (Å²) in [6, 6.07) is 7.52. The van der Waals surface area contributed by atoms with Crippen LogP contribution in [0.4, 0.5) is 5.00 Å². The number of hydrogen-bond acceptors (Lipinski definition) is 5. The van der Waals surface area contributed by atoms with Crippen LogP contribution in [0.1, 0.15) is 39.7 Å². The molecule has 3 rings (SSSR count). The number of thiophene rings is 1. The highest BCUT2D eigenvalue weighted by atomic mass is 32.1. The van der Waals surface area contributed by atoms with Crippen molar-refractivity contribution in [3.05, 3.63) is 45.8 Å². The highest BCUT2D eigenvalue weighted by Crippen LogP contribution is 2.39. The van der Waals surface area contributed by atoms with Crippen molar-refractivity contribution >= 4 is 28.2 Å². The molecule has 25 heavy (non-hydrogen) atoms. The summed E-state index contributed by atoms with van der Waals surface area (Å²) in [5, 5.41) is 3.40. The normalized spacial score (nSPS) is 13.9. The maximum atomic E-state index is 12.5. The number of esters is 1. The predicted molar refractivity (Wildman–Crippen MR) is 97.6 cm³/mol. The maximum absolute atomic E-state index is 12.5. The minimum atomic E-state index is -0.676. The topological polar surface area (TPSA) is 64.6 Å². The number of benzene rings is 1. The number of ether oxygens (including phenoxy) is 2. The van der Waals surface area contributed by atoms with Crippen LogP contribution in [0, 0.1) is 6.92 Å². The lowest BCUT2D eigenvalue weighted by Gasteiger charge is -2.15. The van der Waals surface area contributed by atoms with E-state index in [9.17, 15) is 9.59 Å². The number of rotatable bonds is 5. The Kier molecular flexibility index (Phi) is 5.08. The van der Waals surface area contributed by atoms with Crippen molar-refractivity contribution in [1.29, 1.82) is 0 Å². The summed E-state index contributed by atoms with van der Waals surface area (Å²) >= 11 is 1.46. The van der Waals surface area contributed by atoms with Gasteiger partial charge in [-0.15, -0.1) is 11.3 Å². The number of anilines is 1. The Balaban J connectivity index is 1.74. The van der Waals surface area contributed by atoms with E-state index in [2.05, 4.69) is 5.32 Å². The highest BCUT2D eigenvalue weighted by molar-refractivity contribution is 7.17. The summed E-state index contributed by atoms with van der Waals surface area (Å²) in [5.41, 5.74) is 2.63. The summed E-state index contributed by atoms with van der Waals surface area (Å²) in [4.78, 5) is 25.8. The highest BCUT2D eigenvalue weighted by Gasteiger charge is 2.29. The molecule has 0 aliphatic heterocycles. The zero-order valence-corrected chi connectivity index (χ0v) is 15.4. The molecule has 132 valence electrons. The van der Waals surface area contributed by atoms with E-state index in [1.54, 1.807) is 6.92 Å². The van der Waals surface area contributed by atoms with Crippen LogP contribution < -0.4 is 10.1 Å². The molecule has 1 N–H and O–H groups in total. The summed E-state index contributed by atoms with van der Waals surface area (Å²) in [6.45, 7) is 3.68. The van der Waals surface area contributed by atoms with Gasteiger partial charge in [-0.25, -0.2) is 4.79 Å². The average molecular weight is 359 g/mol. The first-order valence-corrected chi connectivity index (χ1v) is 9.08. The van der Waals surface area contributed by atoms with E-state index in [-0.39, 0.29) is 5.91 Å². The molecule has 1 aliphatic carbocycles. The van der Waals surface area contributed by atoms with Crippen molar-refractivity contribution in [1.82, 2.24) is 0 Å². The fourth-order valence-electron chi connectivity index (χ4n) is 2.90. The number of amides is 1. The molecule has 0 fully saturated rings. The van der Waals surface area contributed by atoms with E-state index in [0.717, 1.165) is 35.3 Å². The third-order valence-electron chi connectivity index (χ3n) is 4.25. The number of carbonyl (C=O) groups excluding carboxylic acids is 2. The van der Waals surface area contributed by atoms with Crippen LogP contribution in [0.3, 0.4) is 0 Å². The number of carbonyl (C=O) groups is 2. The smallest absolute Gasteiger partial charge is 0.341 e. The number of fused-ring (bicyclic) bond motifs is 1. The molecule has 5 nitrogen and oxygen atoms in total. The van der Waals surface area contributed by atoms with Crippen molar-refractivity contribution in [3.8, 4) is 5.75 Å². The second kappa shape index (κ2) is 7.27. The Morgan fingerprint density at radius 2 is 1.92 bits per heavy atom. The fraction of sp³-hybridized carbons (Fsp3) is 0.368. The van der Waals surface area contributed by atoms with E-state index in [1.807, 2.05) is 31.2 Å². The molecule has 1 amide bonds. The second-order valence-electron chi connectivity index (χ2n) is 6.12. The van der Waals surface area contributed by atoms with E-state index in [4.69, 9.17) is 9.47 Å². The van der Waals surface area contributed by atoms with Gasteiger partial charge in [-0.05, 0) is 50.8 Å². The average Bonchev–Trinajstić information content (AvgIpc) is 3.16. The van der Waals surface area contributed by atoms with Crippen LogP contribution in [0.2, 0.25) is 0 Å². The molecule has 0 saturated carbocycles. The van der Waals surface area contributed by atoms with Crippen molar-refractivity contribution in [2.24, 2.45) is 0 Å². The number of hydrogen-bond donors (Lipinski definition) is 1. The van der Waals surface area contributed by atoms with Gasteiger partial charge < -0.3 is 14.8 Å². The standard InChI is InChI=1S/C19H21NO4S/c1-11-7-9-13(10-8-11)24-12(2)17(21)20-18-16(19(22)23-3)14-5-4-6-15(14)25-18/h7-10,12H,4-6H2,1-3H3,(H,20,21). The van der Waals surface area contributed by atoms with Crippen LogP contribution in [-0.2, 0) is 22.4 Å². The van der Waals surface area contributed by atoms with Crippen LogP contribution in [0.5, 0.6) is 5.75 Å². The molecule has 1 heterocycles. The molecule has 1 atom stereocenters. The van der Waals surface area contributed by atoms with Crippen molar-refractivity contribution in [2.45, 2.75) is 39.2 Å². The molecule has 1 aromatic heterocycles. The van der Waals surface area contributed by atoms with E-state index < -0.39 is 12.1 Å². The van der Waals surface area contributed by atoms with Crippen molar-refractivity contribution < 1.29 is 19.1 Å². The minimum Gasteiger partial charge on any atom is -0.481 e.